The van der Waals surface area contributed by atoms with Crippen LogP contribution in [-0.2, 0) is 14.3 Å². The molecule has 48 heavy (non-hydrogen) atoms. The number of ether oxygens (including phenoxy) is 1. The highest BCUT2D eigenvalue weighted by molar-refractivity contribution is 6.07. The molecule has 252 valence electrons. The smallest absolute Gasteiger partial charge is 0.459 e. The average molecular weight is 668 g/mol. The number of likely N-dealkylation sites (N-methyl/N-ethyl adjacent to an activating group) is 1. The molecule has 0 aliphatic carbocycles. The number of fused-ring (bicyclic) bond motifs is 1. The van der Waals surface area contributed by atoms with Crippen molar-refractivity contribution in [2.24, 2.45) is 0 Å². The number of carbonyl (C=O) groups is 3. The molecule has 0 atom stereocenters. The van der Waals surface area contributed by atoms with E-state index in [1.54, 1.807) is 38.1 Å². The first-order valence-corrected chi connectivity index (χ1v) is 15.0. The fourth-order valence-electron chi connectivity index (χ4n) is 5.34. The van der Waals surface area contributed by atoms with Gasteiger partial charge in [0.05, 0.1) is 17.4 Å². The Morgan fingerprint density at radius 3 is 2.29 bits per heavy atom. The van der Waals surface area contributed by atoms with Gasteiger partial charge < -0.3 is 24.7 Å². The van der Waals surface area contributed by atoms with Gasteiger partial charge in [0.25, 0.3) is 0 Å². The number of amides is 1. The van der Waals surface area contributed by atoms with Gasteiger partial charge in [-0.2, -0.15) is 17.9 Å². The highest BCUT2D eigenvalue weighted by Crippen LogP contribution is 2.42. The molecule has 2 aromatic heterocycles. The van der Waals surface area contributed by atoms with E-state index in [0.717, 1.165) is 50.2 Å². The molecule has 0 bridgehead atoms. The molecule has 0 unspecified atom stereocenters. The molecule has 14 heteroatoms. The number of aromatic nitrogens is 2. The number of hydrogen-bond acceptors (Lipinski definition) is 8. The standard InChI is InChI=1S/C34H33F4N5O5/c1-6-28(44)40-27-17-22(16-26(35)20(27)4)29-25-15-23(32(45)47-19(2)3)18-39-31(25)43(48-33(46)34(36,37)38)30(29)21-7-9-24(10-8-21)42-13-11-41(5)12-14-42/h6-10,15-19H,1,11-14H2,2-5H3,(H,40,44). The summed E-state index contributed by atoms with van der Waals surface area (Å²) in [6.07, 6.45) is -3.79. The fourth-order valence-corrected chi connectivity index (χ4v) is 5.34. The lowest BCUT2D eigenvalue weighted by Gasteiger charge is -2.34. The first-order valence-electron chi connectivity index (χ1n) is 15.0. The molecule has 1 N–H and O–H groups in total. The van der Waals surface area contributed by atoms with E-state index in [-0.39, 0.29) is 44.7 Å². The van der Waals surface area contributed by atoms with Crippen molar-refractivity contribution in [1.82, 2.24) is 14.6 Å². The van der Waals surface area contributed by atoms with Crippen LogP contribution in [-0.4, -0.2) is 78.0 Å². The maximum absolute atomic E-state index is 15.5. The molecule has 0 saturated carbocycles. The summed E-state index contributed by atoms with van der Waals surface area (Å²) in [4.78, 5) is 50.9. The molecule has 5 rings (SSSR count). The molecule has 0 radical (unpaired) electrons. The first-order chi connectivity index (χ1) is 22.7. The molecule has 1 amide bonds. The van der Waals surface area contributed by atoms with Crippen molar-refractivity contribution in [3.8, 4) is 22.4 Å². The zero-order chi connectivity index (χ0) is 34.9. The van der Waals surface area contributed by atoms with E-state index in [9.17, 15) is 27.6 Å². The molecule has 10 nitrogen and oxygen atoms in total. The fraction of sp³-hybridized carbons (Fsp3) is 0.294. The SMILES string of the molecule is C=CC(=O)Nc1cc(-c2c(-c3ccc(N4CCN(C)CC4)cc3)n(OC(=O)C(F)(F)F)c3ncc(C(=O)OC(C)C)cc23)cc(F)c1C. The Labute approximate surface area is 273 Å². The number of halogens is 4. The van der Waals surface area contributed by atoms with Gasteiger partial charge in [-0.15, -0.1) is 0 Å². The van der Waals surface area contributed by atoms with E-state index in [0.29, 0.717) is 10.3 Å². The summed E-state index contributed by atoms with van der Waals surface area (Å²) >= 11 is 0. The molecule has 1 fully saturated rings. The highest BCUT2D eigenvalue weighted by atomic mass is 19.4. The lowest BCUT2D eigenvalue weighted by Crippen LogP contribution is -2.44. The van der Waals surface area contributed by atoms with Crippen LogP contribution in [0.1, 0.15) is 29.8 Å². The predicted molar refractivity (Wildman–Crippen MR) is 172 cm³/mol. The molecule has 1 aliphatic rings. The summed E-state index contributed by atoms with van der Waals surface area (Å²) in [6.45, 7) is 11.3. The average Bonchev–Trinajstić information content (AvgIpc) is 3.35. The molecular weight excluding hydrogens is 634 g/mol. The number of nitrogens with zero attached hydrogens (tertiary/aromatic N) is 4. The van der Waals surface area contributed by atoms with E-state index in [1.807, 2.05) is 7.05 Å². The normalized spacial score (nSPS) is 13.9. The third kappa shape index (κ3) is 7.03. The Balaban J connectivity index is 1.80. The van der Waals surface area contributed by atoms with Crippen LogP contribution in [0.3, 0.4) is 0 Å². The summed E-state index contributed by atoms with van der Waals surface area (Å²) in [6, 6.07) is 10.7. The summed E-state index contributed by atoms with van der Waals surface area (Å²) in [5.74, 6) is -4.67. The zero-order valence-electron chi connectivity index (χ0n) is 26.7. The number of esters is 1. The minimum absolute atomic E-state index is 0.0468. The minimum Gasteiger partial charge on any atom is -0.459 e. The van der Waals surface area contributed by atoms with E-state index >= 15 is 4.39 Å². The van der Waals surface area contributed by atoms with Crippen LogP contribution in [0, 0.1) is 12.7 Å². The Kier molecular flexibility index (Phi) is 9.57. The second-order valence-electron chi connectivity index (χ2n) is 11.6. The maximum atomic E-state index is 15.5. The van der Waals surface area contributed by atoms with E-state index in [4.69, 9.17) is 9.57 Å². The van der Waals surface area contributed by atoms with Gasteiger partial charge in [0.1, 0.15) is 5.82 Å². The van der Waals surface area contributed by atoms with Crippen molar-refractivity contribution in [2.75, 3.05) is 43.4 Å². The Morgan fingerprint density at radius 2 is 1.69 bits per heavy atom. The van der Waals surface area contributed by atoms with Crippen molar-refractivity contribution in [3.05, 3.63) is 78.3 Å². The van der Waals surface area contributed by atoms with Gasteiger partial charge in [-0.3, -0.25) is 4.79 Å². The van der Waals surface area contributed by atoms with Crippen LogP contribution in [0.25, 0.3) is 33.4 Å². The summed E-state index contributed by atoms with van der Waals surface area (Å²) < 4.78 is 62.3. The number of piperazine rings is 1. The van der Waals surface area contributed by atoms with Gasteiger partial charge >= 0.3 is 18.1 Å². The number of pyridine rings is 1. The van der Waals surface area contributed by atoms with Crippen LogP contribution in [0.15, 0.2) is 61.3 Å². The predicted octanol–water partition coefficient (Wildman–Crippen LogP) is 5.78. The lowest BCUT2D eigenvalue weighted by atomic mass is 9.96. The quantitative estimate of drug-likeness (QED) is 0.143. The Morgan fingerprint density at radius 1 is 1.02 bits per heavy atom. The Bertz CT molecular complexity index is 1890. The van der Waals surface area contributed by atoms with Gasteiger partial charge in [-0.1, -0.05) is 18.7 Å². The number of nitrogens with one attached hydrogen (secondary N) is 1. The summed E-state index contributed by atoms with van der Waals surface area (Å²) in [5.41, 5.74) is 1.04. The number of anilines is 2. The number of rotatable bonds is 8. The van der Waals surface area contributed by atoms with Gasteiger partial charge in [-0.25, -0.2) is 19.0 Å². The zero-order valence-corrected chi connectivity index (χ0v) is 26.7. The van der Waals surface area contributed by atoms with Crippen LogP contribution in [0.2, 0.25) is 0 Å². The lowest BCUT2D eigenvalue weighted by molar-refractivity contribution is -0.199. The molecule has 1 saturated heterocycles. The monoisotopic (exact) mass is 667 g/mol. The van der Waals surface area contributed by atoms with Crippen LogP contribution >= 0.6 is 0 Å². The first kappa shape index (κ1) is 34.1. The van der Waals surface area contributed by atoms with Crippen LogP contribution in [0.4, 0.5) is 28.9 Å². The Hall–Kier alpha value is -5.24. The van der Waals surface area contributed by atoms with Crippen molar-refractivity contribution < 1.29 is 41.5 Å². The molecule has 3 heterocycles. The third-order valence-electron chi connectivity index (χ3n) is 7.84. The van der Waals surface area contributed by atoms with E-state index in [2.05, 4.69) is 26.7 Å². The summed E-state index contributed by atoms with van der Waals surface area (Å²) in [7, 11) is 2.02. The van der Waals surface area contributed by atoms with Gasteiger partial charge in [0, 0.05) is 65.8 Å². The summed E-state index contributed by atoms with van der Waals surface area (Å²) in [5, 5.41) is 2.59. The largest absolute Gasteiger partial charge is 0.493 e. The minimum atomic E-state index is -5.38. The van der Waals surface area contributed by atoms with Crippen molar-refractivity contribution in [2.45, 2.75) is 33.1 Å². The second-order valence-corrected chi connectivity index (χ2v) is 11.6. The molecule has 0 spiro atoms. The van der Waals surface area contributed by atoms with Crippen molar-refractivity contribution >= 4 is 40.3 Å². The van der Waals surface area contributed by atoms with Crippen LogP contribution in [0.5, 0.6) is 0 Å². The highest BCUT2D eigenvalue weighted by Gasteiger charge is 2.43. The molecular formula is C34H33F4N5O5. The number of benzene rings is 2. The van der Waals surface area contributed by atoms with Crippen LogP contribution < -0.4 is 15.1 Å². The number of alkyl halides is 3. The number of carbonyl (C=O) groups excluding carboxylic acids is 3. The van der Waals surface area contributed by atoms with Gasteiger partial charge in [0.2, 0.25) is 5.91 Å². The molecule has 2 aromatic carbocycles. The van der Waals surface area contributed by atoms with E-state index < -0.39 is 35.9 Å². The molecule has 4 aromatic rings. The maximum Gasteiger partial charge on any atom is 0.493 e. The topological polar surface area (TPSA) is 106 Å². The number of hydrogen-bond donors (Lipinski definition) is 1. The second kappa shape index (κ2) is 13.5. The molecule has 1 aliphatic heterocycles. The van der Waals surface area contributed by atoms with Crippen molar-refractivity contribution in [1.29, 1.82) is 0 Å². The third-order valence-corrected chi connectivity index (χ3v) is 7.84. The van der Waals surface area contributed by atoms with Gasteiger partial charge in [-0.05, 0) is 69.8 Å². The van der Waals surface area contributed by atoms with Crippen molar-refractivity contribution in [3.63, 3.8) is 0 Å². The van der Waals surface area contributed by atoms with E-state index in [1.165, 1.54) is 19.1 Å². The van der Waals surface area contributed by atoms with Gasteiger partial charge in [0.15, 0.2) is 5.65 Å².